The third kappa shape index (κ3) is 3.99. The van der Waals surface area contributed by atoms with Crippen LogP contribution >= 0.6 is 11.6 Å². The van der Waals surface area contributed by atoms with Gasteiger partial charge in [0.25, 0.3) is 5.91 Å². The lowest BCUT2D eigenvalue weighted by Gasteiger charge is -2.42. The predicted octanol–water partition coefficient (Wildman–Crippen LogP) is 4.74. The van der Waals surface area contributed by atoms with E-state index >= 15 is 0 Å². The first kappa shape index (κ1) is 19.5. The summed E-state index contributed by atoms with van der Waals surface area (Å²) in [4.78, 5) is 17.5. The number of fused-ring (bicyclic) bond motifs is 1. The molecule has 1 amide bonds. The highest BCUT2D eigenvalue weighted by Crippen LogP contribution is 2.32. The highest BCUT2D eigenvalue weighted by Gasteiger charge is 2.35. The first-order valence-corrected chi connectivity index (χ1v) is 10.8. The molecule has 1 aliphatic carbocycles. The maximum absolute atomic E-state index is 12.9. The molecule has 4 rings (SSSR count). The van der Waals surface area contributed by atoms with Crippen LogP contribution in [0.3, 0.4) is 0 Å². The zero-order chi connectivity index (χ0) is 19.5. The summed E-state index contributed by atoms with van der Waals surface area (Å²) in [5.41, 5.74) is 0. The Hall–Kier alpha value is -1.78. The molecule has 1 saturated carbocycles. The maximum atomic E-state index is 12.9. The van der Waals surface area contributed by atoms with Crippen LogP contribution in [-0.2, 0) is 4.79 Å². The van der Waals surface area contributed by atoms with E-state index in [4.69, 9.17) is 16.3 Å². The summed E-state index contributed by atoms with van der Waals surface area (Å²) < 4.78 is 5.95. The number of halogens is 1. The van der Waals surface area contributed by atoms with Gasteiger partial charge in [-0.15, -0.1) is 0 Å². The van der Waals surface area contributed by atoms with Crippen LogP contribution in [0.5, 0.6) is 5.75 Å². The van der Waals surface area contributed by atoms with Gasteiger partial charge in [0.2, 0.25) is 0 Å². The lowest BCUT2D eigenvalue weighted by Crippen LogP contribution is -2.53. The molecule has 150 valence electrons. The lowest BCUT2D eigenvalue weighted by molar-refractivity contribution is -0.136. The number of carbonyl (C=O) groups is 1. The molecule has 1 saturated heterocycles. The van der Waals surface area contributed by atoms with Gasteiger partial charge in [-0.3, -0.25) is 9.69 Å². The van der Waals surface area contributed by atoms with E-state index in [-0.39, 0.29) is 12.5 Å². The molecule has 0 bridgehead atoms. The fourth-order valence-corrected chi connectivity index (χ4v) is 5.06. The molecule has 28 heavy (non-hydrogen) atoms. The van der Waals surface area contributed by atoms with Crippen LogP contribution in [0.15, 0.2) is 36.4 Å². The van der Waals surface area contributed by atoms with Gasteiger partial charge in [0.1, 0.15) is 5.75 Å². The van der Waals surface area contributed by atoms with Gasteiger partial charge in [-0.1, -0.05) is 48.7 Å². The highest BCUT2D eigenvalue weighted by molar-refractivity contribution is 6.35. The molecule has 4 nitrogen and oxygen atoms in total. The molecular formula is C23H29ClN2O2. The van der Waals surface area contributed by atoms with Gasteiger partial charge in [0.05, 0.1) is 0 Å². The highest BCUT2D eigenvalue weighted by atomic mass is 35.5. The van der Waals surface area contributed by atoms with E-state index in [2.05, 4.69) is 4.90 Å². The number of rotatable bonds is 5. The fourth-order valence-electron chi connectivity index (χ4n) is 4.83. The minimum Gasteiger partial charge on any atom is -0.483 e. The summed E-state index contributed by atoms with van der Waals surface area (Å²) >= 11 is 6.29. The molecule has 2 atom stereocenters. The van der Waals surface area contributed by atoms with Crippen molar-refractivity contribution in [3.63, 3.8) is 0 Å². The number of amides is 1. The van der Waals surface area contributed by atoms with E-state index in [1.165, 1.54) is 45.2 Å². The summed E-state index contributed by atoms with van der Waals surface area (Å²) in [6, 6.07) is 12.4. The number of hydrogen-bond donors (Lipinski definition) is 0. The van der Waals surface area contributed by atoms with Crippen molar-refractivity contribution in [3.8, 4) is 5.75 Å². The van der Waals surface area contributed by atoms with Gasteiger partial charge in [0, 0.05) is 34.9 Å². The van der Waals surface area contributed by atoms with E-state index in [1.807, 2.05) is 48.3 Å². The summed E-state index contributed by atoms with van der Waals surface area (Å²) in [6.45, 7) is 2.41. The molecular weight excluding hydrogens is 372 g/mol. The molecule has 0 aromatic heterocycles. The van der Waals surface area contributed by atoms with Gasteiger partial charge >= 0.3 is 0 Å². The minimum atomic E-state index is 0.0510. The third-order valence-corrected chi connectivity index (χ3v) is 6.71. The van der Waals surface area contributed by atoms with Gasteiger partial charge in [-0.05, 0) is 50.9 Å². The summed E-state index contributed by atoms with van der Waals surface area (Å²) in [5, 5.41) is 2.59. The van der Waals surface area contributed by atoms with Gasteiger partial charge in [-0.2, -0.15) is 0 Å². The van der Waals surface area contributed by atoms with E-state index < -0.39 is 0 Å². The Labute approximate surface area is 172 Å². The second-order valence-corrected chi connectivity index (χ2v) is 8.45. The average molecular weight is 401 g/mol. The Morgan fingerprint density at radius 1 is 1.07 bits per heavy atom. The van der Waals surface area contributed by atoms with Crippen molar-refractivity contribution < 1.29 is 9.53 Å². The van der Waals surface area contributed by atoms with Crippen molar-refractivity contribution in [1.29, 1.82) is 0 Å². The fraction of sp³-hybridized carbons (Fsp3) is 0.522. The largest absolute Gasteiger partial charge is 0.483 e. The lowest BCUT2D eigenvalue weighted by atomic mass is 9.88. The molecule has 2 fully saturated rings. The van der Waals surface area contributed by atoms with Crippen LogP contribution in [-0.4, -0.2) is 54.5 Å². The zero-order valence-electron chi connectivity index (χ0n) is 16.6. The molecule has 2 unspecified atom stereocenters. The molecule has 2 aliphatic rings. The van der Waals surface area contributed by atoms with Crippen molar-refractivity contribution in [2.45, 2.75) is 50.6 Å². The van der Waals surface area contributed by atoms with Crippen LogP contribution in [0.25, 0.3) is 10.8 Å². The van der Waals surface area contributed by atoms with Gasteiger partial charge < -0.3 is 9.64 Å². The van der Waals surface area contributed by atoms with Crippen LogP contribution in [0.4, 0.5) is 0 Å². The van der Waals surface area contributed by atoms with Crippen molar-refractivity contribution in [3.05, 3.63) is 41.4 Å². The Morgan fingerprint density at radius 3 is 2.57 bits per heavy atom. The Morgan fingerprint density at radius 2 is 1.79 bits per heavy atom. The summed E-state index contributed by atoms with van der Waals surface area (Å²) in [7, 11) is 1.95. The van der Waals surface area contributed by atoms with E-state index in [0.29, 0.717) is 22.9 Å². The van der Waals surface area contributed by atoms with Crippen molar-refractivity contribution >= 4 is 28.3 Å². The smallest absolute Gasteiger partial charge is 0.260 e. The normalized spacial score (nSPS) is 23.1. The van der Waals surface area contributed by atoms with Crippen molar-refractivity contribution in [1.82, 2.24) is 9.80 Å². The van der Waals surface area contributed by atoms with Gasteiger partial charge in [0.15, 0.2) is 6.61 Å². The minimum absolute atomic E-state index is 0.0510. The second kappa shape index (κ2) is 8.71. The molecule has 1 heterocycles. The molecule has 2 aromatic carbocycles. The van der Waals surface area contributed by atoms with Crippen molar-refractivity contribution in [2.75, 3.05) is 26.7 Å². The molecule has 0 radical (unpaired) electrons. The maximum Gasteiger partial charge on any atom is 0.260 e. The van der Waals surface area contributed by atoms with Crippen LogP contribution in [0.1, 0.15) is 38.5 Å². The number of nitrogens with zero attached hydrogens (tertiary/aromatic N) is 2. The summed E-state index contributed by atoms with van der Waals surface area (Å²) in [6.07, 6.45) is 7.34. The standard InChI is InChI=1S/C23H29ClN2O2/c1-25(20-10-4-5-11-21(20)26-14-6-7-15-26)23(27)16-28-22-13-12-19(24)17-8-2-3-9-18(17)22/h2-3,8-9,12-13,20-21H,4-7,10-11,14-16H2,1H3. The summed E-state index contributed by atoms with van der Waals surface area (Å²) in [5.74, 6) is 0.761. The second-order valence-electron chi connectivity index (χ2n) is 8.05. The van der Waals surface area contributed by atoms with Crippen LogP contribution in [0.2, 0.25) is 5.02 Å². The molecule has 0 N–H and O–H groups in total. The van der Waals surface area contributed by atoms with Gasteiger partial charge in [-0.25, -0.2) is 0 Å². The van der Waals surface area contributed by atoms with E-state index in [0.717, 1.165) is 17.2 Å². The first-order chi connectivity index (χ1) is 13.6. The van der Waals surface area contributed by atoms with E-state index in [1.54, 1.807) is 0 Å². The molecule has 5 heteroatoms. The van der Waals surface area contributed by atoms with Crippen LogP contribution < -0.4 is 4.74 Å². The Bertz CT molecular complexity index is 834. The topological polar surface area (TPSA) is 32.8 Å². The van der Waals surface area contributed by atoms with Crippen LogP contribution in [0, 0.1) is 0 Å². The predicted molar refractivity (Wildman–Crippen MR) is 114 cm³/mol. The number of hydrogen-bond acceptors (Lipinski definition) is 3. The SMILES string of the molecule is CN(C(=O)COc1ccc(Cl)c2ccccc12)C1CCCCC1N1CCCC1. The third-order valence-electron chi connectivity index (χ3n) is 6.38. The molecule has 0 spiro atoms. The Balaban J connectivity index is 1.44. The quantitative estimate of drug-likeness (QED) is 0.726. The number of likely N-dealkylation sites (tertiary alicyclic amines) is 1. The zero-order valence-corrected chi connectivity index (χ0v) is 17.3. The number of carbonyl (C=O) groups excluding carboxylic acids is 1. The Kier molecular flexibility index (Phi) is 6.07. The molecule has 2 aromatic rings. The van der Waals surface area contributed by atoms with Crippen molar-refractivity contribution in [2.24, 2.45) is 0 Å². The first-order valence-electron chi connectivity index (χ1n) is 10.4. The average Bonchev–Trinajstić information content (AvgIpc) is 3.27. The monoisotopic (exact) mass is 400 g/mol. The number of likely N-dealkylation sites (N-methyl/N-ethyl adjacent to an activating group) is 1. The van der Waals surface area contributed by atoms with E-state index in [9.17, 15) is 4.79 Å². The number of benzene rings is 2. The number of ether oxygens (including phenoxy) is 1. The molecule has 1 aliphatic heterocycles.